The Labute approximate surface area is 109 Å². The van der Waals surface area contributed by atoms with Crippen molar-refractivity contribution in [3.8, 4) is 0 Å². The van der Waals surface area contributed by atoms with Gasteiger partial charge in [-0.15, -0.1) is 0 Å². The van der Waals surface area contributed by atoms with Gasteiger partial charge in [0.2, 0.25) is 5.91 Å². The highest BCUT2D eigenvalue weighted by Crippen LogP contribution is 2.08. The summed E-state index contributed by atoms with van der Waals surface area (Å²) in [6, 6.07) is -1.14. The highest BCUT2D eigenvalue weighted by molar-refractivity contribution is 5.86. The lowest BCUT2D eigenvalue weighted by Crippen LogP contribution is -2.50. The third-order valence-corrected chi connectivity index (χ3v) is 2.69. The summed E-state index contributed by atoms with van der Waals surface area (Å²) in [6.07, 6.45) is 1.13. The van der Waals surface area contributed by atoms with Crippen LogP contribution in [0.1, 0.15) is 40.5 Å². The summed E-state index contributed by atoms with van der Waals surface area (Å²) in [5.74, 6) is -0.609. The number of nitrogens with one attached hydrogen (secondary N) is 2. The van der Waals surface area contributed by atoms with Gasteiger partial charge in [0.1, 0.15) is 6.04 Å². The van der Waals surface area contributed by atoms with Crippen LogP contribution in [0.3, 0.4) is 0 Å². The van der Waals surface area contributed by atoms with Crippen molar-refractivity contribution in [1.29, 1.82) is 0 Å². The van der Waals surface area contributed by atoms with E-state index in [9.17, 15) is 9.59 Å². The summed E-state index contributed by atoms with van der Waals surface area (Å²) in [5, 5.41) is 14.6. The minimum Gasteiger partial charge on any atom is -0.480 e. The molecule has 0 rings (SSSR count). The van der Waals surface area contributed by atoms with Crippen LogP contribution in [-0.4, -0.2) is 36.1 Å². The first kappa shape index (κ1) is 16.9. The fourth-order valence-corrected chi connectivity index (χ4v) is 1.79. The first-order valence-corrected chi connectivity index (χ1v) is 6.48. The minimum atomic E-state index is -0.976. The molecule has 0 aliphatic rings. The van der Waals surface area contributed by atoms with Crippen LogP contribution in [0.15, 0.2) is 0 Å². The van der Waals surface area contributed by atoms with Crippen molar-refractivity contribution in [3.05, 3.63) is 0 Å². The minimum absolute atomic E-state index is 0.226. The summed E-state index contributed by atoms with van der Waals surface area (Å²) in [7, 11) is 1.71. The molecule has 5 heteroatoms. The van der Waals surface area contributed by atoms with Crippen molar-refractivity contribution in [2.75, 3.05) is 7.05 Å². The highest BCUT2D eigenvalue weighted by atomic mass is 16.4. The number of hydrogen-bond acceptors (Lipinski definition) is 3. The lowest BCUT2D eigenvalue weighted by atomic mass is 10.0. The summed E-state index contributed by atoms with van der Waals surface area (Å²) >= 11 is 0. The smallest absolute Gasteiger partial charge is 0.326 e. The third kappa shape index (κ3) is 6.59. The molecular formula is C13H26N2O3. The van der Waals surface area contributed by atoms with E-state index in [1.54, 1.807) is 7.05 Å². The molecule has 0 spiro atoms. The van der Waals surface area contributed by atoms with Crippen LogP contribution in [0, 0.1) is 11.8 Å². The number of carbonyl (C=O) groups is 2. The van der Waals surface area contributed by atoms with Crippen LogP contribution in [0.2, 0.25) is 0 Å². The first-order valence-electron chi connectivity index (χ1n) is 6.48. The zero-order chi connectivity index (χ0) is 14.3. The number of rotatable bonds is 8. The molecule has 0 unspecified atom stereocenters. The SMILES string of the molecule is CN[C@H](CC(C)C)C(=O)N[C@@H](CC(C)C)C(=O)O. The molecule has 0 aromatic rings. The largest absolute Gasteiger partial charge is 0.480 e. The van der Waals surface area contributed by atoms with Gasteiger partial charge in [-0.25, -0.2) is 4.79 Å². The number of carboxylic acids is 1. The molecule has 106 valence electrons. The maximum Gasteiger partial charge on any atom is 0.326 e. The van der Waals surface area contributed by atoms with E-state index in [1.807, 2.05) is 27.7 Å². The second-order valence-electron chi connectivity index (χ2n) is 5.50. The van der Waals surface area contributed by atoms with Gasteiger partial charge < -0.3 is 15.7 Å². The number of carbonyl (C=O) groups excluding carboxylic acids is 1. The average molecular weight is 258 g/mol. The van der Waals surface area contributed by atoms with E-state index in [2.05, 4.69) is 10.6 Å². The first-order chi connectivity index (χ1) is 8.27. The zero-order valence-corrected chi connectivity index (χ0v) is 12.0. The molecule has 18 heavy (non-hydrogen) atoms. The van der Waals surface area contributed by atoms with Gasteiger partial charge in [-0.1, -0.05) is 27.7 Å². The fourth-order valence-electron chi connectivity index (χ4n) is 1.79. The lowest BCUT2D eigenvalue weighted by molar-refractivity contribution is -0.142. The van der Waals surface area contributed by atoms with E-state index >= 15 is 0 Å². The van der Waals surface area contributed by atoms with E-state index in [0.717, 1.165) is 0 Å². The van der Waals surface area contributed by atoms with Crippen LogP contribution in [0.5, 0.6) is 0 Å². The second-order valence-corrected chi connectivity index (χ2v) is 5.50. The Morgan fingerprint density at radius 2 is 1.44 bits per heavy atom. The Kier molecular flexibility index (Phi) is 7.59. The fraction of sp³-hybridized carbons (Fsp3) is 0.846. The molecule has 0 bridgehead atoms. The zero-order valence-electron chi connectivity index (χ0n) is 12.0. The van der Waals surface area contributed by atoms with Gasteiger partial charge in [-0.3, -0.25) is 4.79 Å². The number of aliphatic carboxylic acids is 1. The van der Waals surface area contributed by atoms with Gasteiger partial charge in [0.05, 0.1) is 6.04 Å². The monoisotopic (exact) mass is 258 g/mol. The molecule has 0 aliphatic carbocycles. The Hall–Kier alpha value is -1.10. The lowest BCUT2D eigenvalue weighted by Gasteiger charge is -2.22. The quantitative estimate of drug-likeness (QED) is 0.612. The van der Waals surface area contributed by atoms with Crippen LogP contribution in [0.25, 0.3) is 0 Å². The summed E-state index contributed by atoms with van der Waals surface area (Å²) in [4.78, 5) is 23.0. The molecule has 0 saturated carbocycles. The van der Waals surface area contributed by atoms with Crippen molar-refractivity contribution >= 4 is 11.9 Å². The average Bonchev–Trinajstić information content (AvgIpc) is 2.23. The predicted octanol–water partition coefficient (Wildman–Crippen LogP) is 1.24. The van der Waals surface area contributed by atoms with Crippen LogP contribution >= 0.6 is 0 Å². The normalized spacial score (nSPS) is 14.6. The highest BCUT2D eigenvalue weighted by Gasteiger charge is 2.25. The molecule has 2 atom stereocenters. The summed E-state index contributed by atoms with van der Waals surface area (Å²) < 4.78 is 0. The summed E-state index contributed by atoms with van der Waals surface area (Å²) in [5.41, 5.74) is 0. The molecule has 0 fully saturated rings. The van der Waals surface area contributed by atoms with Crippen molar-refractivity contribution in [2.24, 2.45) is 11.8 Å². The van der Waals surface area contributed by atoms with E-state index in [-0.39, 0.29) is 17.9 Å². The molecule has 5 nitrogen and oxygen atoms in total. The molecule has 0 aromatic heterocycles. The topological polar surface area (TPSA) is 78.4 Å². The van der Waals surface area contributed by atoms with Gasteiger partial charge >= 0.3 is 5.97 Å². The standard InChI is InChI=1S/C13H26N2O3/c1-8(2)6-10(14-5)12(16)15-11(13(17)18)7-9(3)4/h8-11,14H,6-7H2,1-5H3,(H,15,16)(H,17,18)/t10-,11+/m1/s1. The van der Waals surface area contributed by atoms with E-state index in [4.69, 9.17) is 5.11 Å². The molecule has 0 heterocycles. The number of carboxylic acid groups (broad SMARTS) is 1. The van der Waals surface area contributed by atoms with E-state index < -0.39 is 12.0 Å². The Bertz CT molecular complexity index is 277. The van der Waals surface area contributed by atoms with Crippen LogP contribution in [-0.2, 0) is 9.59 Å². The van der Waals surface area contributed by atoms with Gasteiger partial charge in [-0.2, -0.15) is 0 Å². The van der Waals surface area contributed by atoms with Crippen molar-refractivity contribution in [1.82, 2.24) is 10.6 Å². The van der Waals surface area contributed by atoms with Crippen LogP contribution < -0.4 is 10.6 Å². The van der Waals surface area contributed by atoms with Gasteiger partial charge in [-0.05, 0) is 31.7 Å². The molecule has 0 radical (unpaired) electrons. The van der Waals surface area contributed by atoms with E-state index in [1.165, 1.54) is 0 Å². The Morgan fingerprint density at radius 1 is 1.00 bits per heavy atom. The van der Waals surface area contributed by atoms with Crippen molar-refractivity contribution in [2.45, 2.75) is 52.6 Å². The Morgan fingerprint density at radius 3 is 1.78 bits per heavy atom. The van der Waals surface area contributed by atoms with Gasteiger partial charge in [0.15, 0.2) is 0 Å². The predicted molar refractivity (Wildman–Crippen MR) is 71.3 cm³/mol. The van der Waals surface area contributed by atoms with Crippen molar-refractivity contribution < 1.29 is 14.7 Å². The number of hydrogen-bond donors (Lipinski definition) is 3. The molecule has 3 N–H and O–H groups in total. The maximum atomic E-state index is 12.0. The summed E-state index contributed by atoms with van der Waals surface area (Å²) in [6.45, 7) is 7.93. The second kappa shape index (κ2) is 8.08. The third-order valence-electron chi connectivity index (χ3n) is 2.69. The van der Waals surface area contributed by atoms with Crippen molar-refractivity contribution in [3.63, 3.8) is 0 Å². The molecule has 0 aromatic carbocycles. The molecule has 1 amide bonds. The van der Waals surface area contributed by atoms with Gasteiger partial charge in [0.25, 0.3) is 0 Å². The van der Waals surface area contributed by atoms with Gasteiger partial charge in [0, 0.05) is 0 Å². The number of likely N-dealkylation sites (N-methyl/N-ethyl adjacent to an activating group) is 1. The Balaban J connectivity index is 4.51. The molecule has 0 aliphatic heterocycles. The molecular weight excluding hydrogens is 232 g/mol. The van der Waals surface area contributed by atoms with Crippen LogP contribution in [0.4, 0.5) is 0 Å². The maximum absolute atomic E-state index is 12.0. The number of amides is 1. The molecule has 0 saturated heterocycles. The van der Waals surface area contributed by atoms with E-state index in [0.29, 0.717) is 18.8 Å².